The summed E-state index contributed by atoms with van der Waals surface area (Å²) in [6.45, 7) is 0. The van der Waals surface area contributed by atoms with E-state index in [0.717, 1.165) is 0 Å². The van der Waals surface area contributed by atoms with Crippen LogP contribution in [0.5, 0.6) is 5.88 Å². The number of aromatic nitrogens is 4. The van der Waals surface area contributed by atoms with Crippen LogP contribution in [0.15, 0.2) is 12.4 Å². The van der Waals surface area contributed by atoms with Gasteiger partial charge in [0.1, 0.15) is 0 Å². The molecule has 0 aliphatic rings. The van der Waals surface area contributed by atoms with Crippen LogP contribution < -0.4 is 10.5 Å². The maximum absolute atomic E-state index is 5.39. The van der Waals surface area contributed by atoms with E-state index < -0.39 is 0 Å². The monoisotopic (exact) mass is 165 g/mol. The number of nitrogen functional groups attached to an aromatic ring is 1. The van der Waals surface area contributed by atoms with Gasteiger partial charge >= 0.3 is 0 Å². The number of methoxy groups -OCH3 is 1. The van der Waals surface area contributed by atoms with E-state index in [1.807, 2.05) is 0 Å². The molecule has 0 atom stereocenters. The topological polar surface area (TPSA) is 78.3 Å². The van der Waals surface area contributed by atoms with Crippen molar-refractivity contribution in [2.45, 2.75) is 0 Å². The highest BCUT2D eigenvalue weighted by Gasteiger charge is 2.05. The molecular formula is C6H7N5O. The van der Waals surface area contributed by atoms with E-state index in [1.54, 1.807) is 12.4 Å². The van der Waals surface area contributed by atoms with E-state index in [0.29, 0.717) is 11.5 Å². The predicted molar refractivity (Wildman–Crippen MR) is 41.7 cm³/mol. The van der Waals surface area contributed by atoms with E-state index >= 15 is 0 Å². The molecular weight excluding hydrogens is 158 g/mol. The lowest BCUT2D eigenvalue weighted by Crippen LogP contribution is -1.93. The van der Waals surface area contributed by atoms with Crippen molar-refractivity contribution in [2.75, 3.05) is 12.8 Å². The van der Waals surface area contributed by atoms with Gasteiger partial charge in [0, 0.05) is 12.4 Å². The van der Waals surface area contributed by atoms with Crippen molar-refractivity contribution in [2.24, 2.45) is 0 Å². The summed E-state index contributed by atoms with van der Waals surface area (Å²) in [5, 5.41) is 3.89. The first-order valence-corrected chi connectivity index (χ1v) is 3.32. The van der Waals surface area contributed by atoms with Crippen molar-refractivity contribution in [1.29, 1.82) is 0 Å². The van der Waals surface area contributed by atoms with Gasteiger partial charge in [-0.05, 0) is 0 Å². The number of fused-ring (bicyclic) bond motifs is 1. The molecule has 0 radical (unpaired) electrons. The van der Waals surface area contributed by atoms with Crippen molar-refractivity contribution in [3.63, 3.8) is 0 Å². The summed E-state index contributed by atoms with van der Waals surface area (Å²) in [4.78, 5) is 7.86. The van der Waals surface area contributed by atoms with Crippen LogP contribution in [0.2, 0.25) is 0 Å². The van der Waals surface area contributed by atoms with Crippen molar-refractivity contribution in [3.05, 3.63) is 12.4 Å². The zero-order valence-corrected chi connectivity index (χ0v) is 6.43. The Labute approximate surface area is 68.0 Å². The summed E-state index contributed by atoms with van der Waals surface area (Å²) < 4.78 is 6.47. The minimum Gasteiger partial charge on any atom is -0.478 e. The van der Waals surface area contributed by atoms with Gasteiger partial charge < -0.3 is 10.5 Å². The molecule has 6 nitrogen and oxygen atoms in total. The van der Waals surface area contributed by atoms with Gasteiger partial charge in [-0.1, -0.05) is 0 Å². The molecule has 62 valence electrons. The summed E-state index contributed by atoms with van der Waals surface area (Å²) in [6, 6.07) is 0. The number of anilines is 1. The first kappa shape index (κ1) is 6.84. The number of hydrogen-bond acceptors (Lipinski definition) is 5. The molecule has 0 aliphatic carbocycles. The minimum atomic E-state index is 0.210. The quantitative estimate of drug-likeness (QED) is 0.628. The zero-order chi connectivity index (χ0) is 8.55. The highest BCUT2D eigenvalue weighted by molar-refractivity contribution is 5.50. The molecule has 2 rings (SSSR count). The Morgan fingerprint density at radius 3 is 3.17 bits per heavy atom. The lowest BCUT2D eigenvalue weighted by Gasteiger charge is -1.96. The summed E-state index contributed by atoms with van der Waals surface area (Å²) in [6.07, 6.45) is 3.22. The van der Waals surface area contributed by atoms with Crippen molar-refractivity contribution in [1.82, 2.24) is 19.6 Å². The van der Waals surface area contributed by atoms with Crippen LogP contribution >= 0.6 is 0 Å². The molecule has 2 aromatic rings. The molecule has 0 saturated heterocycles. The van der Waals surface area contributed by atoms with Crippen LogP contribution in [0.4, 0.5) is 5.95 Å². The Kier molecular flexibility index (Phi) is 1.33. The Hall–Kier alpha value is -1.85. The second-order valence-electron chi connectivity index (χ2n) is 2.17. The Balaban J connectivity index is 2.78. The predicted octanol–water partition coefficient (Wildman–Crippen LogP) is -0.285. The number of ether oxygens (including phenoxy) is 1. The smallest absolute Gasteiger partial charge is 0.259 e. The molecule has 0 amide bonds. The van der Waals surface area contributed by atoms with E-state index in [1.165, 1.54) is 11.6 Å². The fourth-order valence-electron chi connectivity index (χ4n) is 0.955. The number of hydrogen-bond donors (Lipinski definition) is 1. The third kappa shape index (κ3) is 0.849. The molecule has 2 N–H and O–H groups in total. The molecule has 0 unspecified atom stereocenters. The Morgan fingerprint density at radius 2 is 2.42 bits per heavy atom. The Bertz CT molecular complexity index is 409. The van der Waals surface area contributed by atoms with Gasteiger partial charge in [0.2, 0.25) is 11.6 Å². The highest BCUT2D eigenvalue weighted by Crippen LogP contribution is 2.12. The summed E-state index contributed by atoms with van der Waals surface area (Å²) >= 11 is 0. The van der Waals surface area contributed by atoms with Gasteiger partial charge in [0.05, 0.1) is 7.11 Å². The van der Waals surface area contributed by atoms with Crippen molar-refractivity contribution < 1.29 is 4.74 Å². The fourth-order valence-corrected chi connectivity index (χ4v) is 0.955. The highest BCUT2D eigenvalue weighted by atomic mass is 16.5. The van der Waals surface area contributed by atoms with Crippen LogP contribution in [0.1, 0.15) is 0 Å². The maximum atomic E-state index is 5.39. The van der Waals surface area contributed by atoms with Gasteiger partial charge in [0.15, 0.2) is 0 Å². The van der Waals surface area contributed by atoms with E-state index in [4.69, 9.17) is 10.5 Å². The van der Waals surface area contributed by atoms with Gasteiger partial charge in [-0.25, -0.2) is 9.50 Å². The molecule has 12 heavy (non-hydrogen) atoms. The standard InChI is InChI=1S/C6H7N5O/c1-12-5-4-9-6(7)10-11(4)3-2-8-5/h2-3H,1H3,(H2,7,10). The molecule has 2 aromatic heterocycles. The SMILES string of the molecule is COc1nccn2nc(N)nc12. The van der Waals surface area contributed by atoms with Gasteiger partial charge in [0.25, 0.3) is 5.88 Å². The van der Waals surface area contributed by atoms with Crippen LogP contribution in [0.3, 0.4) is 0 Å². The molecule has 2 heterocycles. The van der Waals surface area contributed by atoms with Gasteiger partial charge in [-0.3, -0.25) is 0 Å². The molecule has 0 saturated carbocycles. The van der Waals surface area contributed by atoms with E-state index in [2.05, 4.69) is 15.1 Å². The second kappa shape index (κ2) is 2.33. The number of rotatable bonds is 1. The third-order valence-electron chi connectivity index (χ3n) is 1.43. The maximum Gasteiger partial charge on any atom is 0.259 e. The van der Waals surface area contributed by atoms with Crippen LogP contribution in [-0.2, 0) is 0 Å². The first-order chi connectivity index (χ1) is 5.81. The fraction of sp³-hybridized carbons (Fsp3) is 0.167. The molecule has 0 fully saturated rings. The molecule has 0 aliphatic heterocycles. The third-order valence-corrected chi connectivity index (χ3v) is 1.43. The van der Waals surface area contributed by atoms with Gasteiger partial charge in [-0.2, -0.15) is 4.98 Å². The zero-order valence-electron chi connectivity index (χ0n) is 6.43. The summed E-state index contributed by atoms with van der Waals surface area (Å²) in [7, 11) is 1.52. The summed E-state index contributed by atoms with van der Waals surface area (Å²) in [5.41, 5.74) is 5.91. The number of nitrogens with zero attached hydrogens (tertiary/aromatic N) is 4. The Morgan fingerprint density at radius 1 is 1.58 bits per heavy atom. The van der Waals surface area contributed by atoms with Crippen molar-refractivity contribution in [3.8, 4) is 5.88 Å². The first-order valence-electron chi connectivity index (χ1n) is 3.32. The molecule has 0 bridgehead atoms. The molecule has 6 heteroatoms. The average molecular weight is 165 g/mol. The van der Waals surface area contributed by atoms with Crippen molar-refractivity contribution >= 4 is 11.6 Å². The minimum absolute atomic E-state index is 0.210. The average Bonchev–Trinajstić information content (AvgIpc) is 2.44. The summed E-state index contributed by atoms with van der Waals surface area (Å²) in [5.74, 6) is 0.628. The lowest BCUT2D eigenvalue weighted by molar-refractivity contribution is 0.399. The largest absolute Gasteiger partial charge is 0.478 e. The number of nitrogens with two attached hydrogens (primary N) is 1. The normalized spacial score (nSPS) is 10.4. The van der Waals surface area contributed by atoms with Crippen LogP contribution in [0, 0.1) is 0 Å². The molecule has 0 spiro atoms. The van der Waals surface area contributed by atoms with E-state index in [9.17, 15) is 0 Å². The van der Waals surface area contributed by atoms with Crippen LogP contribution in [-0.4, -0.2) is 26.7 Å². The van der Waals surface area contributed by atoms with Gasteiger partial charge in [-0.15, -0.1) is 5.10 Å². The lowest BCUT2D eigenvalue weighted by atomic mass is 10.6. The second-order valence-corrected chi connectivity index (χ2v) is 2.17. The van der Waals surface area contributed by atoms with Crippen LogP contribution in [0.25, 0.3) is 5.65 Å². The van der Waals surface area contributed by atoms with E-state index in [-0.39, 0.29) is 5.95 Å². The molecule has 0 aromatic carbocycles.